The van der Waals surface area contributed by atoms with Crippen molar-refractivity contribution in [2.45, 2.75) is 64.5 Å². The summed E-state index contributed by atoms with van der Waals surface area (Å²) in [5, 5.41) is 15.4. The Hall–Kier alpha value is -2.93. The summed E-state index contributed by atoms with van der Waals surface area (Å²) in [6.07, 6.45) is 5.88. The number of ether oxygens (including phenoxy) is 1. The fraction of sp³-hybridized carbons (Fsp3) is 0.519. The summed E-state index contributed by atoms with van der Waals surface area (Å²) in [5.41, 5.74) is 1.00. The maximum Gasteiger partial charge on any atom is 0.305 e. The molecule has 0 aliphatic carbocycles. The zero-order chi connectivity index (χ0) is 25.3. The van der Waals surface area contributed by atoms with Crippen LogP contribution in [-0.2, 0) is 25.5 Å². The molecule has 1 aromatic rings. The molecule has 34 heavy (non-hydrogen) atoms. The second-order valence-electron chi connectivity index (χ2n) is 8.79. The molecule has 0 heterocycles. The lowest BCUT2D eigenvalue weighted by Gasteiger charge is -2.25. The Morgan fingerprint density at radius 3 is 2.38 bits per heavy atom. The van der Waals surface area contributed by atoms with E-state index in [-0.39, 0.29) is 49.4 Å². The van der Waals surface area contributed by atoms with Crippen LogP contribution in [0, 0.1) is 11.8 Å². The first kappa shape index (κ1) is 29.1. The monoisotopic (exact) mass is 472 g/mol. The largest absolute Gasteiger partial charge is 0.463 e. The minimum atomic E-state index is -0.613. The SMILES string of the molecule is C=CCCCC(=O)OC[C@@H](NC(=O)[C@H](CC=C)CC(=O)N[C@H](CO)Cc1ccccc1)C(C)C. The number of carbonyl (C=O) groups excluding carboxylic acids is 3. The summed E-state index contributed by atoms with van der Waals surface area (Å²) in [7, 11) is 0. The Bertz CT molecular complexity index is 778. The fourth-order valence-corrected chi connectivity index (χ4v) is 3.40. The van der Waals surface area contributed by atoms with Crippen LogP contribution in [-0.4, -0.2) is 48.2 Å². The van der Waals surface area contributed by atoms with Gasteiger partial charge < -0.3 is 20.5 Å². The van der Waals surface area contributed by atoms with Gasteiger partial charge in [-0.15, -0.1) is 13.2 Å². The lowest BCUT2D eigenvalue weighted by atomic mass is 9.97. The van der Waals surface area contributed by atoms with Crippen molar-refractivity contribution in [2.75, 3.05) is 13.2 Å². The van der Waals surface area contributed by atoms with Gasteiger partial charge in [0.15, 0.2) is 0 Å². The van der Waals surface area contributed by atoms with Gasteiger partial charge in [0, 0.05) is 12.8 Å². The van der Waals surface area contributed by atoms with Crippen molar-refractivity contribution in [3.05, 3.63) is 61.2 Å². The van der Waals surface area contributed by atoms with E-state index in [0.717, 1.165) is 12.0 Å². The number of unbranched alkanes of at least 4 members (excludes halogenated alkanes) is 1. The van der Waals surface area contributed by atoms with Crippen molar-refractivity contribution >= 4 is 17.8 Å². The maximum absolute atomic E-state index is 12.9. The van der Waals surface area contributed by atoms with E-state index in [9.17, 15) is 19.5 Å². The summed E-state index contributed by atoms with van der Waals surface area (Å²) < 4.78 is 5.34. The number of carbonyl (C=O) groups is 3. The minimum absolute atomic E-state index is 0.0324. The van der Waals surface area contributed by atoms with Crippen molar-refractivity contribution in [1.29, 1.82) is 0 Å². The van der Waals surface area contributed by atoms with Gasteiger partial charge in [-0.05, 0) is 37.2 Å². The van der Waals surface area contributed by atoms with Crippen LogP contribution >= 0.6 is 0 Å². The summed E-state index contributed by atoms with van der Waals surface area (Å²) in [5.74, 6) is -1.49. The van der Waals surface area contributed by atoms with E-state index in [4.69, 9.17) is 4.74 Å². The molecule has 0 aromatic heterocycles. The third-order valence-corrected chi connectivity index (χ3v) is 5.51. The van der Waals surface area contributed by atoms with Crippen LogP contribution in [0.25, 0.3) is 0 Å². The van der Waals surface area contributed by atoms with Gasteiger partial charge in [-0.1, -0.05) is 56.3 Å². The molecule has 0 unspecified atom stereocenters. The van der Waals surface area contributed by atoms with Crippen LogP contribution in [0.3, 0.4) is 0 Å². The number of hydrogen-bond acceptors (Lipinski definition) is 5. The van der Waals surface area contributed by atoms with Crippen LogP contribution in [0.5, 0.6) is 0 Å². The lowest BCUT2D eigenvalue weighted by Crippen LogP contribution is -2.46. The molecule has 0 saturated heterocycles. The predicted molar refractivity (Wildman–Crippen MR) is 134 cm³/mol. The van der Waals surface area contributed by atoms with Crippen molar-refractivity contribution in [2.24, 2.45) is 11.8 Å². The van der Waals surface area contributed by atoms with Gasteiger partial charge >= 0.3 is 5.97 Å². The molecule has 1 aromatic carbocycles. The van der Waals surface area contributed by atoms with Crippen LogP contribution < -0.4 is 10.6 Å². The third-order valence-electron chi connectivity index (χ3n) is 5.51. The minimum Gasteiger partial charge on any atom is -0.463 e. The molecular weight excluding hydrogens is 432 g/mol. The fourth-order valence-electron chi connectivity index (χ4n) is 3.40. The molecule has 0 bridgehead atoms. The highest BCUT2D eigenvalue weighted by molar-refractivity contribution is 5.86. The second-order valence-corrected chi connectivity index (χ2v) is 8.79. The first-order valence-corrected chi connectivity index (χ1v) is 11.9. The lowest BCUT2D eigenvalue weighted by molar-refractivity contribution is -0.145. The van der Waals surface area contributed by atoms with Crippen LogP contribution in [0.15, 0.2) is 55.6 Å². The van der Waals surface area contributed by atoms with Gasteiger partial charge in [-0.3, -0.25) is 14.4 Å². The Morgan fingerprint density at radius 1 is 1.09 bits per heavy atom. The van der Waals surface area contributed by atoms with E-state index in [1.54, 1.807) is 12.2 Å². The molecule has 7 heteroatoms. The molecule has 7 nitrogen and oxygen atoms in total. The Labute approximate surface area is 203 Å². The number of benzene rings is 1. The number of esters is 1. The molecule has 0 spiro atoms. The predicted octanol–water partition coefficient (Wildman–Crippen LogP) is 3.33. The number of hydrogen-bond donors (Lipinski definition) is 3. The smallest absolute Gasteiger partial charge is 0.305 e. The molecule has 188 valence electrons. The van der Waals surface area contributed by atoms with E-state index in [2.05, 4.69) is 23.8 Å². The first-order chi connectivity index (χ1) is 16.3. The average molecular weight is 473 g/mol. The number of aliphatic hydroxyl groups is 1. The molecule has 2 amide bonds. The Kier molecular flexibility index (Phi) is 14.2. The molecule has 0 saturated carbocycles. The Balaban J connectivity index is 2.65. The molecule has 3 atom stereocenters. The highest BCUT2D eigenvalue weighted by Crippen LogP contribution is 2.13. The van der Waals surface area contributed by atoms with Crippen LogP contribution in [0.4, 0.5) is 0 Å². The summed E-state index contributed by atoms with van der Waals surface area (Å²) in [4.78, 5) is 37.5. The van der Waals surface area contributed by atoms with E-state index >= 15 is 0 Å². The number of nitrogens with one attached hydrogen (secondary N) is 2. The van der Waals surface area contributed by atoms with E-state index < -0.39 is 12.0 Å². The van der Waals surface area contributed by atoms with E-state index in [1.165, 1.54) is 0 Å². The normalized spacial score (nSPS) is 13.4. The van der Waals surface area contributed by atoms with Gasteiger partial charge in [-0.2, -0.15) is 0 Å². The topological polar surface area (TPSA) is 105 Å². The van der Waals surface area contributed by atoms with Crippen molar-refractivity contribution in [1.82, 2.24) is 10.6 Å². The van der Waals surface area contributed by atoms with Crippen molar-refractivity contribution < 1.29 is 24.2 Å². The van der Waals surface area contributed by atoms with Gasteiger partial charge in [-0.25, -0.2) is 0 Å². The number of amides is 2. The highest BCUT2D eigenvalue weighted by Gasteiger charge is 2.26. The van der Waals surface area contributed by atoms with Gasteiger partial charge in [0.05, 0.1) is 24.6 Å². The van der Waals surface area contributed by atoms with Gasteiger partial charge in [0.25, 0.3) is 0 Å². The van der Waals surface area contributed by atoms with Gasteiger partial charge in [0.1, 0.15) is 6.61 Å². The highest BCUT2D eigenvalue weighted by atomic mass is 16.5. The molecule has 1 rings (SSSR count). The average Bonchev–Trinajstić information content (AvgIpc) is 2.81. The van der Waals surface area contributed by atoms with E-state index in [0.29, 0.717) is 25.7 Å². The summed E-state index contributed by atoms with van der Waals surface area (Å²) in [6, 6.07) is 8.77. The standard InChI is InChI=1S/C27H40N2O5/c1-5-7-9-15-26(32)34-19-24(20(3)4)29-27(33)22(12-6-2)17-25(31)28-23(18-30)16-21-13-10-8-11-14-21/h5-6,8,10-11,13-14,20,22-24,30H,1-2,7,9,12,15-19H2,3-4H3,(H,28,31)(H,29,33)/t22-,23+,24-/m1/s1. The zero-order valence-corrected chi connectivity index (χ0v) is 20.5. The number of aliphatic hydroxyl groups excluding tert-OH is 1. The summed E-state index contributed by atoms with van der Waals surface area (Å²) in [6.45, 7) is 11.1. The van der Waals surface area contributed by atoms with Crippen molar-refractivity contribution in [3.8, 4) is 0 Å². The Morgan fingerprint density at radius 2 is 1.79 bits per heavy atom. The molecule has 0 fully saturated rings. The number of rotatable bonds is 17. The van der Waals surface area contributed by atoms with E-state index in [1.807, 2.05) is 44.2 Å². The van der Waals surface area contributed by atoms with Crippen molar-refractivity contribution in [3.63, 3.8) is 0 Å². The molecular formula is C27H40N2O5. The number of allylic oxidation sites excluding steroid dienone is 2. The molecule has 3 N–H and O–H groups in total. The summed E-state index contributed by atoms with van der Waals surface area (Å²) >= 11 is 0. The zero-order valence-electron chi connectivity index (χ0n) is 20.5. The quantitative estimate of drug-likeness (QED) is 0.183. The maximum atomic E-state index is 12.9. The van der Waals surface area contributed by atoms with Crippen LogP contribution in [0.2, 0.25) is 0 Å². The van der Waals surface area contributed by atoms with Gasteiger partial charge in [0.2, 0.25) is 11.8 Å². The molecule has 0 aliphatic rings. The third kappa shape index (κ3) is 11.8. The van der Waals surface area contributed by atoms with Crippen LogP contribution in [0.1, 0.15) is 51.5 Å². The molecule has 0 aliphatic heterocycles. The molecule has 0 radical (unpaired) electrons. The first-order valence-electron chi connectivity index (χ1n) is 11.9. The second kappa shape index (κ2) is 16.6.